The molecular formula is C4H3N5O2. The molecule has 0 aliphatic rings. The molecule has 0 spiro atoms. The number of nitrogens with one attached hydrogen (secondary N) is 1. The highest BCUT2D eigenvalue weighted by atomic mass is 16.4. The van der Waals surface area contributed by atoms with Crippen molar-refractivity contribution in [3.63, 3.8) is 0 Å². The van der Waals surface area contributed by atoms with Crippen molar-refractivity contribution < 1.29 is 9.90 Å². The molecule has 0 atom stereocenters. The van der Waals surface area contributed by atoms with E-state index in [1.54, 1.807) is 0 Å². The number of tetrazole rings is 1. The number of fused-ring (bicyclic) bond motifs is 1. The van der Waals surface area contributed by atoms with Crippen LogP contribution in [0.1, 0.15) is 10.5 Å². The van der Waals surface area contributed by atoms with Crippen LogP contribution < -0.4 is 0 Å². The number of hydrogen-bond acceptors (Lipinski definition) is 4. The monoisotopic (exact) mass is 153 g/mol. The maximum absolute atomic E-state index is 10.3. The van der Waals surface area contributed by atoms with Gasteiger partial charge in [0.05, 0.1) is 0 Å². The molecule has 2 aromatic rings. The highest BCUT2D eigenvalue weighted by molar-refractivity contribution is 5.86. The smallest absolute Gasteiger partial charge is 0.353 e. The summed E-state index contributed by atoms with van der Waals surface area (Å²) < 4.78 is 1.18. The highest BCUT2D eigenvalue weighted by Gasteiger charge is 2.08. The van der Waals surface area contributed by atoms with E-state index in [1.807, 2.05) is 0 Å². The van der Waals surface area contributed by atoms with Gasteiger partial charge in [-0.25, -0.2) is 4.79 Å². The zero-order chi connectivity index (χ0) is 7.84. The predicted octanol–water partition coefficient (Wildman–Crippen LogP) is -0.849. The Kier molecular flexibility index (Phi) is 0.945. The summed E-state index contributed by atoms with van der Waals surface area (Å²) >= 11 is 0. The van der Waals surface area contributed by atoms with E-state index in [2.05, 4.69) is 20.6 Å². The van der Waals surface area contributed by atoms with Crippen LogP contribution in [0.2, 0.25) is 0 Å². The fraction of sp³-hybridized carbons (Fsp3) is 0. The van der Waals surface area contributed by atoms with Crippen LogP contribution in [0.15, 0.2) is 6.07 Å². The van der Waals surface area contributed by atoms with Crippen LogP contribution in [0, 0.1) is 0 Å². The average Bonchev–Trinajstić information content (AvgIpc) is 2.40. The van der Waals surface area contributed by atoms with E-state index in [9.17, 15) is 4.79 Å². The van der Waals surface area contributed by atoms with Crippen LogP contribution in [-0.2, 0) is 0 Å². The lowest BCUT2D eigenvalue weighted by atomic mass is 10.4. The molecule has 2 N–H and O–H groups in total. The van der Waals surface area contributed by atoms with Crippen LogP contribution in [0.3, 0.4) is 0 Å². The van der Waals surface area contributed by atoms with Crippen molar-refractivity contribution >= 4 is 11.6 Å². The van der Waals surface area contributed by atoms with E-state index in [-0.39, 0.29) is 5.69 Å². The molecule has 0 saturated heterocycles. The summed E-state index contributed by atoms with van der Waals surface area (Å²) in [6.07, 6.45) is 0. The van der Waals surface area contributed by atoms with Crippen LogP contribution in [0.25, 0.3) is 5.65 Å². The van der Waals surface area contributed by atoms with E-state index >= 15 is 0 Å². The molecule has 0 aliphatic carbocycles. The van der Waals surface area contributed by atoms with Gasteiger partial charge in [-0.2, -0.15) is 0 Å². The predicted molar refractivity (Wildman–Crippen MR) is 32.1 cm³/mol. The molecule has 0 aromatic carbocycles. The lowest BCUT2D eigenvalue weighted by Crippen LogP contribution is -1.98. The molecule has 7 nitrogen and oxygen atoms in total. The second-order valence-corrected chi connectivity index (χ2v) is 1.92. The fourth-order valence-corrected chi connectivity index (χ4v) is 0.749. The Labute approximate surface area is 59.6 Å². The molecule has 2 aromatic heterocycles. The highest BCUT2D eigenvalue weighted by Crippen LogP contribution is 1.99. The summed E-state index contributed by atoms with van der Waals surface area (Å²) in [5, 5.41) is 21.2. The molecule has 7 heteroatoms. The SMILES string of the molecule is O=C(O)c1cc2nnnn2[nH]1. The Morgan fingerprint density at radius 3 is 3.18 bits per heavy atom. The van der Waals surface area contributed by atoms with Crippen LogP contribution >= 0.6 is 0 Å². The van der Waals surface area contributed by atoms with Gasteiger partial charge in [0.15, 0.2) is 5.65 Å². The molecule has 0 unspecified atom stereocenters. The van der Waals surface area contributed by atoms with Crippen molar-refractivity contribution in [1.29, 1.82) is 0 Å². The van der Waals surface area contributed by atoms with Crippen molar-refractivity contribution in [1.82, 2.24) is 25.3 Å². The standard InChI is InChI=1S/C4H3N5O2/c10-4(11)2-1-3-5-7-8-9(3)6-2/h1,6H,(H,10,11). The van der Waals surface area contributed by atoms with Crippen molar-refractivity contribution in [2.45, 2.75) is 0 Å². The quantitative estimate of drug-likeness (QED) is 0.556. The number of carboxylic acids is 1. The Balaban J connectivity index is 2.67. The molecule has 0 bridgehead atoms. The molecule has 0 fully saturated rings. The van der Waals surface area contributed by atoms with Gasteiger partial charge in [-0.1, -0.05) is 0 Å². The summed E-state index contributed by atoms with van der Waals surface area (Å²) in [7, 11) is 0. The number of aromatic carboxylic acids is 1. The van der Waals surface area contributed by atoms with Gasteiger partial charge in [-0.15, -0.1) is 9.73 Å². The number of hydrogen-bond donors (Lipinski definition) is 2. The van der Waals surface area contributed by atoms with E-state index in [4.69, 9.17) is 5.11 Å². The molecule has 0 amide bonds. The van der Waals surface area contributed by atoms with Gasteiger partial charge in [-0.05, 0) is 10.4 Å². The first-order valence-electron chi connectivity index (χ1n) is 2.78. The van der Waals surface area contributed by atoms with Crippen molar-refractivity contribution in [2.24, 2.45) is 0 Å². The summed E-state index contributed by atoms with van der Waals surface area (Å²) in [4.78, 5) is 10.3. The second kappa shape index (κ2) is 1.78. The van der Waals surface area contributed by atoms with Crippen LogP contribution in [0.4, 0.5) is 0 Å². The summed E-state index contributed by atoms with van der Waals surface area (Å²) in [5.41, 5.74) is 0.435. The third kappa shape index (κ3) is 0.741. The first-order chi connectivity index (χ1) is 5.27. The van der Waals surface area contributed by atoms with Gasteiger partial charge in [-0.3, -0.25) is 5.10 Å². The summed E-state index contributed by atoms with van der Waals surface area (Å²) in [5.74, 6) is -1.04. The van der Waals surface area contributed by atoms with E-state index in [1.165, 1.54) is 10.7 Å². The third-order valence-corrected chi connectivity index (χ3v) is 1.22. The van der Waals surface area contributed by atoms with Gasteiger partial charge in [0.25, 0.3) is 0 Å². The number of carbonyl (C=O) groups is 1. The number of carboxylic acid groups (broad SMARTS) is 1. The molecular weight excluding hydrogens is 150 g/mol. The van der Waals surface area contributed by atoms with Crippen LogP contribution in [-0.4, -0.2) is 36.3 Å². The first kappa shape index (κ1) is 5.83. The molecule has 2 heterocycles. The maximum Gasteiger partial charge on any atom is 0.353 e. The van der Waals surface area contributed by atoms with E-state index < -0.39 is 5.97 Å². The maximum atomic E-state index is 10.3. The number of nitrogens with zero attached hydrogens (tertiary/aromatic N) is 4. The lowest BCUT2D eigenvalue weighted by molar-refractivity contribution is 0.0690. The van der Waals surface area contributed by atoms with Gasteiger partial charge in [0, 0.05) is 6.07 Å². The second-order valence-electron chi connectivity index (χ2n) is 1.92. The van der Waals surface area contributed by atoms with Gasteiger partial charge in [0.2, 0.25) is 0 Å². The normalized spacial score (nSPS) is 10.5. The number of rotatable bonds is 1. The molecule has 2 rings (SSSR count). The largest absolute Gasteiger partial charge is 0.477 e. The first-order valence-corrected chi connectivity index (χ1v) is 2.78. The number of aromatic amines is 1. The van der Waals surface area contributed by atoms with Gasteiger partial charge in [0.1, 0.15) is 5.69 Å². The molecule has 0 radical (unpaired) electrons. The average molecular weight is 153 g/mol. The molecule has 0 saturated carbocycles. The third-order valence-electron chi connectivity index (χ3n) is 1.22. The molecule has 11 heavy (non-hydrogen) atoms. The van der Waals surface area contributed by atoms with Crippen molar-refractivity contribution in [2.75, 3.05) is 0 Å². The van der Waals surface area contributed by atoms with Crippen molar-refractivity contribution in [3.8, 4) is 0 Å². The Morgan fingerprint density at radius 2 is 2.55 bits per heavy atom. The molecule has 0 aliphatic heterocycles. The lowest BCUT2D eigenvalue weighted by Gasteiger charge is -1.81. The minimum absolute atomic E-state index is 0.0439. The zero-order valence-corrected chi connectivity index (χ0v) is 5.22. The summed E-state index contributed by atoms with van der Waals surface area (Å²) in [6.45, 7) is 0. The molecule has 56 valence electrons. The fourth-order valence-electron chi connectivity index (χ4n) is 0.749. The van der Waals surface area contributed by atoms with Gasteiger partial charge < -0.3 is 5.11 Å². The van der Waals surface area contributed by atoms with E-state index in [0.29, 0.717) is 5.65 Å². The number of aromatic nitrogens is 5. The Bertz CT molecular complexity index is 373. The Hall–Kier alpha value is -1.92. The topological polar surface area (TPSA) is 96.2 Å². The zero-order valence-electron chi connectivity index (χ0n) is 5.22. The van der Waals surface area contributed by atoms with E-state index in [0.717, 1.165) is 0 Å². The number of H-pyrrole nitrogens is 1. The minimum atomic E-state index is -1.04. The van der Waals surface area contributed by atoms with Crippen LogP contribution in [0.5, 0.6) is 0 Å². The summed E-state index contributed by atoms with van der Waals surface area (Å²) in [6, 6.07) is 1.35. The van der Waals surface area contributed by atoms with Crippen molar-refractivity contribution in [3.05, 3.63) is 11.8 Å². The Morgan fingerprint density at radius 1 is 1.73 bits per heavy atom. The van der Waals surface area contributed by atoms with Gasteiger partial charge >= 0.3 is 5.97 Å². The minimum Gasteiger partial charge on any atom is -0.477 e.